The number of carbonyl (C=O) groups excluding carboxylic acids is 3. The molecule has 1 aromatic heterocycles. The van der Waals surface area contributed by atoms with Crippen molar-refractivity contribution in [2.75, 3.05) is 15.8 Å². The molecular weight excluding hydrogens is 518 g/mol. The van der Waals surface area contributed by atoms with E-state index in [1.807, 2.05) is 20.8 Å². The van der Waals surface area contributed by atoms with Gasteiger partial charge in [-0.25, -0.2) is 27.4 Å². The molecule has 0 aliphatic carbocycles. The number of ether oxygens (including phenoxy) is 1. The van der Waals surface area contributed by atoms with Crippen LogP contribution in [0.1, 0.15) is 64.5 Å². The second-order valence-corrected chi connectivity index (χ2v) is 10.5. The number of thiol groups is 1. The maximum Gasteiger partial charge on any atom is 0.359 e. The number of hydrogen-bond donors (Lipinski definition) is 1. The van der Waals surface area contributed by atoms with Gasteiger partial charge in [-0.2, -0.15) is 0 Å². The van der Waals surface area contributed by atoms with Crippen LogP contribution in [0.25, 0.3) is 0 Å². The van der Waals surface area contributed by atoms with Gasteiger partial charge >= 0.3 is 5.97 Å². The standard InChI is InChI=1S/C26H24ClN3O6S/c1-5-36-25(33)22-19(7-6-14-28-22)29-23(31)20-17(27)12-13-18(21(20)24(29)32)30(37(34)35)16-10-8-15(9-11-16)26(2,3)4/h6-14,37H,5H2,1-4H3. The molecule has 0 unspecified atom stereocenters. The van der Waals surface area contributed by atoms with Gasteiger partial charge in [-0.15, -0.1) is 0 Å². The molecule has 192 valence electrons. The van der Waals surface area contributed by atoms with E-state index in [0.29, 0.717) is 0 Å². The number of hydrogen-bond acceptors (Lipinski definition) is 7. The van der Waals surface area contributed by atoms with Crippen molar-refractivity contribution >= 4 is 57.3 Å². The number of benzene rings is 2. The van der Waals surface area contributed by atoms with E-state index >= 15 is 0 Å². The van der Waals surface area contributed by atoms with Gasteiger partial charge in [0.25, 0.3) is 11.8 Å². The fourth-order valence-electron chi connectivity index (χ4n) is 4.06. The first-order valence-electron chi connectivity index (χ1n) is 11.4. The van der Waals surface area contributed by atoms with E-state index in [2.05, 4.69) is 4.98 Å². The molecule has 3 aromatic rings. The highest BCUT2D eigenvalue weighted by Gasteiger charge is 2.43. The number of anilines is 3. The fourth-order valence-corrected chi connectivity index (χ4v) is 4.96. The zero-order valence-corrected chi connectivity index (χ0v) is 22.2. The Labute approximate surface area is 220 Å². The monoisotopic (exact) mass is 541 g/mol. The Morgan fingerprint density at radius 3 is 2.27 bits per heavy atom. The Kier molecular flexibility index (Phi) is 7.07. The van der Waals surface area contributed by atoms with Gasteiger partial charge in [0.15, 0.2) is 5.69 Å². The number of halogens is 1. The van der Waals surface area contributed by atoms with E-state index in [1.54, 1.807) is 31.2 Å². The maximum atomic E-state index is 13.7. The summed E-state index contributed by atoms with van der Waals surface area (Å²) in [6.07, 6.45) is 1.33. The van der Waals surface area contributed by atoms with Gasteiger partial charge in [0, 0.05) is 6.20 Å². The first-order chi connectivity index (χ1) is 17.5. The van der Waals surface area contributed by atoms with Crippen molar-refractivity contribution in [3.8, 4) is 0 Å². The first kappa shape index (κ1) is 26.3. The van der Waals surface area contributed by atoms with Gasteiger partial charge in [-0.05, 0) is 54.3 Å². The maximum absolute atomic E-state index is 13.7. The number of nitrogens with zero attached hydrogens (tertiary/aromatic N) is 3. The second kappa shape index (κ2) is 9.95. The van der Waals surface area contributed by atoms with E-state index in [0.717, 1.165) is 14.8 Å². The van der Waals surface area contributed by atoms with Crippen LogP contribution >= 0.6 is 11.6 Å². The molecule has 0 fully saturated rings. The Bertz CT molecular complexity index is 1490. The SMILES string of the molecule is CCOC(=O)c1ncccc1N1C(=O)c2c(Cl)ccc(N(c3ccc(C(C)(C)C)cc3)[SH](=O)=O)c2C1=O. The van der Waals surface area contributed by atoms with Crippen molar-refractivity contribution in [1.29, 1.82) is 0 Å². The van der Waals surface area contributed by atoms with Crippen LogP contribution in [0.15, 0.2) is 54.7 Å². The molecule has 1 aliphatic heterocycles. The molecule has 0 radical (unpaired) electrons. The lowest BCUT2D eigenvalue weighted by molar-refractivity contribution is 0.0520. The number of imide groups is 1. The summed E-state index contributed by atoms with van der Waals surface area (Å²) in [4.78, 5) is 44.4. The van der Waals surface area contributed by atoms with Crippen LogP contribution in [0.2, 0.25) is 5.02 Å². The number of esters is 1. The first-order valence-corrected chi connectivity index (χ1v) is 12.9. The number of carbonyl (C=O) groups is 3. The Balaban J connectivity index is 1.87. The third-order valence-electron chi connectivity index (χ3n) is 5.83. The van der Waals surface area contributed by atoms with E-state index in [-0.39, 0.29) is 50.9 Å². The molecule has 9 nitrogen and oxygen atoms in total. The van der Waals surface area contributed by atoms with Crippen LogP contribution in [0.3, 0.4) is 0 Å². The molecule has 0 spiro atoms. The lowest BCUT2D eigenvalue weighted by atomic mass is 9.87. The highest BCUT2D eigenvalue weighted by molar-refractivity contribution is 7.74. The van der Waals surface area contributed by atoms with Gasteiger partial charge in [0.1, 0.15) is 0 Å². The zero-order chi connectivity index (χ0) is 27.1. The molecule has 11 heteroatoms. The van der Waals surface area contributed by atoms with Crippen molar-refractivity contribution in [3.63, 3.8) is 0 Å². The van der Waals surface area contributed by atoms with Gasteiger partial charge in [-0.1, -0.05) is 44.5 Å². The topological polar surface area (TPSA) is 114 Å². The summed E-state index contributed by atoms with van der Waals surface area (Å²) in [5.41, 5.74) is 0.365. The molecule has 0 bridgehead atoms. The Morgan fingerprint density at radius 1 is 1.03 bits per heavy atom. The zero-order valence-electron chi connectivity index (χ0n) is 20.5. The quantitative estimate of drug-likeness (QED) is 0.274. The Morgan fingerprint density at radius 2 is 1.68 bits per heavy atom. The molecule has 0 saturated carbocycles. The number of aromatic nitrogens is 1. The van der Waals surface area contributed by atoms with Crippen LogP contribution in [0.5, 0.6) is 0 Å². The third-order valence-corrected chi connectivity index (χ3v) is 6.92. The van der Waals surface area contributed by atoms with Crippen LogP contribution < -0.4 is 9.21 Å². The molecular formula is C26H24ClN3O6S. The van der Waals surface area contributed by atoms with E-state index < -0.39 is 28.7 Å². The summed E-state index contributed by atoms with van der Waals surface area (Å²) in [7, 11) is -3.27. The highest BCUT2D eigenvalue weighted by atomic mass is 35.5. The highest BCUT2D eigenvalue weighted by Crippen LogP contribution is 2.41. The minimum Gasteiger partial charge on any atom is -0.461 e. The molecule has 0 atom stereocenters. The molecule has 0 saturated heterocycles. The predicted molar refractivity (Wildman–Crippen MR) is 140 cm³/mol. The molecule has 2 aromatic carbocycles. The van der Waals surface area contributed by atoms with Crippen molar-refractivity contribution in [2.24, 2.45) is 0 Å². The number of fused-ring (bicyclic) bond motifs is 1. The van der Waals surface area contributed by atoms with Crippen molar-refractivity contribution in [1.82, 2.24) is 4.98 Å². The van der Waals surface area contributed by atoms with Crippen LogP contribution in [0, 0.1) is 0 Å². The largest absolute Gasteiger partial charge is 0.461 e. The summed E-state index contributed by atoms with van der Waals surface area (Å²) in [6, 6.07) is 12.4. The Hall–Kier alpha value is -3.76. The average molecular weight is 542 g/mol. The molecule has 37 heavy (non-hydrogen) atoms. The lowest BCUT2D eigenvalue weighted by Gasteiger charge is -2.23. The van der Waals surface area contributed by atoms with Crippen molar-refractivity contribution in [2.45, 2.75) is 33.1 Å². The molecule has 2 amide bonds. The molecule has 4 rings (SSSR count). The number of amides is 2. The second-order valence-electron chi connectivity index (χ2n) is 9.20. The summed E-state index contributed by atoms with van der Waals surface area (Å²) < 4.78 is 30.9. The van der Waals surface area contributed by atoms with Gasteiger partial charge in [0.2, 0.25) is 10.9 Å². The summed E-state index contributed by atoms with van der Waals surface area (Å²) >= 11 is 6.33. The smallest absolute Gasteiger partial charge is 0.359 e. The van der Waals surface area contributed by atoms with E-state index in [4.69, 9.17) is 16.3 Å². The molecule has 1 aliphatic rings. The van der Waals surface area contributed by atoms with E-state index in [1.165, 1.54) is 30.5 Å². The third kappa shape index (κ3) is 4.70. The molecule has 0 N–H and O–H groups in total. The fraction of sp³-hybridized carbons (Fsp3) is 0.231. The van der Waals surface area contributed by atoms with Crippen LogP contribution in [0.4, 0.5) is 17.1 Å². The van der Waals surface area contributed by atoms with Crippen LogP contribution in [-0.4, -0.2) is 37.8 Å². The van der Waals surface area contributed by atoms with Gasteiger partial charge < -0.3 is 4.74 Å². The lowest BCUT2D eigenvalue weighted by Crippen LogP contribution is -2.32. The summed E-state index contributed by atoms with van der Waals surface area (Å²) in [6.45, 7) is 7.76. The van der Waals surface area contributed by atoms with Gasteiger partial charge in [-0.3, -0.25) is 9.59 Å². The summed E-state index contributed by atoms with van der Waals surface area (Å²) in [5, 5.41) is -0.0367. The van der Waals surface area contributed by atoms with Crippen molar-refractivity contribution in [3.05, 3.63) is 82.1 Å². The van der Waals surface area contributed by atoms with Crippen LogP contribution in [-0.2, 0) is 21.0 Å². The predicted octanol–water partition coefficient (Wildman–Crippen LogP) is 4.67. The van der Waals surface area contributed by atoms with E-state index in [9.17, 15) is 22.8 Å². The molecule has 2 heterocycles. The normalized spacial score (nSPS) is 13.2. The number of rotatable bonds is 6. The minimum absolute atomic E-state index is 0.0367. The average Bonchev–Trinajstić information content (AvgIpc) is 3.11. The van der Waals surface area contributed by atoms with Gasteiger partial charge in [0.05, 0.1) is 39.8 Å². The minimum atomic E-state index is -3.27. The van der Waals surface area contributed by atoms with Crippen molar-refractivity contribution < 1.29 is 27.5 Å². The number of pyridine rings is 1. The summed E-state index contributed by atoms with van der Waals surface area (Å²) in [5.74, 6) is -2.47.